The summed E-state index contributed by atoms with van der Waals surface area (Å²) in [7, 11) is -9.93. The highest BCUT2D eigenvalue weighted by Gasteiger charge is 2.31. The van der Waals surface area contributed by atoms with Crippen molar-refractivity contribution in [3.63, 3.8) is 0 Å². The van der Waals surface area contributed by atoms with Crippen molar-refractivity contribution >= 4 is 39.5 Å². The average molecular weight is 1580 g/mol. The van der Waals surface area contributed by atoms with E-state index in [2.05, 4.69) is 41.5 Å². The summed E-state index contributed by atoms with van der Waals surface area (Å²) in [5.74, 6) is -0.488. The van der Waals surface area contributed by atoms with E-state index in [0.29, 0.717) is 25.7 Å². The van der Waals surface area contributed by atoms with Crippen LogP contribution in [0.5, 0.6) is 0 Å². The van der Waals surface area contributed by atoms with Gasteiger partial charge in [0.05, 0.1) is 26.4 Å². The fraction of sp³-hybridized carbons (Fsp3) is 0.955. The number of rotatable bonds is 88. The third kappa shape index (κ3) is 82.1. The number of hydrogen-bond acceptors (Lipinski definition) is 15. The fourth-order valence-electron chi connectivity index (χ4n) is 14.0. The van der Waals surface area contributed by atoms with Crippen LogP contribution in [0.15, 0.2) is 0 Å². The van der Waals surface area contributed by atoms with Gasteiger partial charge in [-0.15, -0.1) is 0 Å². The summed E-state index contributed by atoms with van der Waals surface area (Å²) >= 11 is 0. The molecule has 0 heterocycles. The molecule has 0 aliphatic heterocycles. The summed E-state index contributed by atoms with van der Waals surface area (Å²) < 4.78 is 69.0. The Balaban J connectivity index is 5.24. The van der Waals surface area contributed by atoms with Crippen LogP contribution in [0, 0.1) is 11.8 Å². The van der Waals surface area contributed by atoms with Gasteiger partial charge in [0.25, 0.3) is 0 Å². The molecule has 108 heavy (non-hydrogen) atoms. The molecule has 5 atom stereocenters. The maximum absolute atomic E-state index is 13.2. The van der Waals surface area contributed by atoms with E-state index in [0.717, 1.165) is 102 Å². The number of carbonyl (C=O) groups excluding carboxylic acids is 4. The lowest BCUT2D eigenvalue weighted by molar-refractivity contribution is -0.161. The number of hydrogen-bond donors (Lipinski definition) is 3. The molecule has 0 radical (unpaired) electrons. The molecular formula is C89H174O17P2. The Morgan fingerprint density at radius 3 is 0.630 bits per heavy atom. The van der Waals surface area contributed by atoms with Gasteiger partial charge in [-0.25, -0.2) is 9.13 Å². The minimum Gasteiger partial charge on any atom is -0.462 e. The number of aliphatic hydroxyl groups is 1. The van der Waals surface area contributed by atoms with E-state index >= 15 is 0 Å². The highest BCUT2D eigenvalue weighted by Crippen LogP contribution is 2.45. The molecule has 0 rings (SSSR count). The lowest BCUT2D eigenvalue weighted by atomic mass is 10.0. The highest BCUT2D eigenvalue weighted by molar-refractivity contribution is 7.47. The standard InChI is InChI=1S/C89H174O17P2/c1-7-9-11-13-15-17-19-20-21-22-23-24-25-26-31-37-43-49-55-61-67-73-88(93)106-85(78-100-87(92)72-66-60-54-48-42-36-32-27-29-34-40-45-51-57-63-69-81(3)4)80-104-108(97,98)102-76-83(90)75-101-107(95,96)103-79-84(77-99-86(91)71-65-59-53-47-39-18-16-14-12-10-8-2)105-89(94)74-68-62-56-50-44-38-33-28-30-35-41-46-52-58-64-70-82(5)6/h81-85,90H,7-80H2,1-6H3,(H,95,96)(H,97,98)/t83-,84+,85+/m0/s1. The monoisotopic (exact) mass is 1580 g/mol. The molecule has 0 aromatic carbocycles. The van der Waals surface area contributed by atoms with E-state index in [1.54, 1.807) is 0 Å². The Labute approximate surface area is 664 Å². The molecule has 0 fully saturated rings. The van der Waals surface area contributed by atoms with Gasteiger partial charge in [-0.05, 0) is 37.5 Å². The van der Waals surface area contributed by atoms with Crippen LogP contribution in [0.3, 0.4) is 0 Å². The number of ether oxygens (including phenoxy) is 4. The molecule has 0 saturated heterocycles. The second-order valence-corrected chi connectivity index (χ2v) is 35.8. The molecule has 0 amide bonds. The molecule has 0 aliphatic rings. The van der Waals surface area contributed by atoms with Crippen LogP contribution in [0.4, 0.5) is 0 Å². The Bertz CT molecular complexity index is 2060. The molecule has 0 bridgehead atoms. The summed E-state index contributed by atoms with van der Waals surface area (Å²) in [6.07, 6.45) is 73.6. The minimum atomic E-state index is -4.97. The van der Waals surface area contributed by atoms with Crippen LogP contribution in [0.2, 0.25) is 0 Å². The summed E-state index contributed by atoms with van der Waals surface area (Å²) in [6.45, 7) is 9.74. The van der Waals surface area contributed by atoms with E-state index in [4.69, 9.17) is 37.0 Å². The van der Waals surface area contributed by atoms with Crippen LogP contribution in [0.25, 0.3) is 0 Å². The summed E-state index contributed by atoms with van der Waals surface area (Å²) in [5.41, 5.74) is 0. The van der Waals surface area contributed by atoms with Crippen molar-refractivity contribution in [2.75, 3.05) is 39.6 Å². The first-order chi connectivity index (χ1) is 52.4. The summed E-state index contributed by atoms with van der Waals surface area (Å²) in [6, 6.07) is 0. The van der Waals surface area contributed by atoms with E-state index in [1.165, 1.54) is 295 Å². The SMILES string of the molecule is CCCCCCCCCCCCCCCCCCCCCCCC(=O)O[C@H](COC(=O)CCCCCCCCCCCCCCCCCC(C)C)COP(=O)(O)OC[C@@H](O)COP(=O)(O)OC[C@@H](COC(=O)CCCCCCCCCCCCC)OC(=O)CCCCCCCCCCCCCCCCCC(C)C. The van der Waals surface area contributed by atoms with Crippen molar-refractivity contribution in [1.82, 2.24) is 0 Å². The molecule has 0 aliphatic carbocycles. The van der Waals surface area contributed by atoms with Gasteiger partial charge in [-0.1, -0.05) is 427 Å². The smallest absolute Gasteiger partial charge is 0.462 e. The second kappa shape index (κ2) is 80.3. The van der Waals surface area contributed by atoms with Crippen molar-refractivity contribution < 1.29 is 80.2 Å². The van der Waals surface area contributed by atoms with Gasteiger partial charge in [0.15, 0.2) is 12.2 Å². The van der Waals surface area contributed by atoms with Crippen LogP contribution in [-0.2, 0) is 65.4 Å². The van der Waals surface area contributed by atoms with E-state index in [-0.39, 0.29) is 25.7 Å². The van der Waals surface area contributed by atoms with Crippen LogP contribution < -0.4 is 0 Å². The number of unbranched alkanes of at least 4 members (excludes halogenated alkanes) is 58. The summed E-state index contributed by atoms with van der Waals surface area (Å²) in [4.78, 5) is 73.3. The Morgan fingerprint density at radius 1 is 0.250 bits per heavy atom. The molecule has 642 valence electrons. The van der Waals surface area contributed by atoms with E-state index in [9.17, 15) is 43.2 Å². The lowest BCUT2D eigenvalue weighted by Gasteiger charge is -2.21. The van der Waals surface area contributed by atoms with Crippen LogP contribution >= 0.6 is 15.6 Å². The zero-order valence-corrected chi connectivity index (χ0v) is 73.0. The number of phosphoric ester groups is 2. The second-order valence-electron chi connectivity index (χ2n) is 32.9. The van der Waals surface area contributed by atoms with Crippen LogP contribution in [-0.4, -0.2) is 96.7 Å². The van der Waals surface area contributed by atoms with E-state index < -0.39 is 97.5 Å². The lowest BCUT2D eigenvalue weighted by Crippen LogP contribution is -2.30. The van der Waals surface area contributed by atoms with Gasteiger partial charge in [-0.2, -0.15) is 0 Å². The van der Waals surface area contributed by atoms with Crippen molar-refractivity contribution in [2.24, 2.45) is 11.8 Å². The minimum absolute atomic E-state index is 0.108. The molecule has 0 saturated carbocycles. The number of esters is 4. The third-order valence-corrected chi connectivity index (χ3v) is 22.9. The zero-order valence-electron chi connectivity index (χ0n) is 71.2. The van der Waals surface area contributed by atoms with E-state index in [1.807, 2.05) is 0 Å². The van der Waals surface area contributed by atoms with Crippen molar-refractivity contribution in [1.29, 1.82) is 0 Å². The Kier molecular flexibility index (Phi) is 78.8. The molecular weight excluding hydrogens is 1400 g/mol. The number of aliphatic hydroxyl groups excluding tert-OH is 1. The first-order valence-electron chi connectivity index (χ1n) is 46.0. The molecule has 19 heteroatoms. The molecule has 0 spiro atoms. The Morgan fingerprint density at radius 2 is 0.426 bits per heavy atom. The quantitative estimate of drug-likeness (QED) is 0.0222. The molecule has 3 N–H and O–H groups in total. The van der Waals surface area contributed by atoms with Gasteiger partial charge in [0.2, 0.25) is 0 Å². The largest absolute Gasteiger partial charge is 0.472 e. The number of carbonyl (C=O) groups is 4. The normalized spacial score (nSPS) is 13.8. The third-order valence-electron chi connectivity index (χ3n) is 21.0. The number of phosphoric acid groups is 2. The van der Waals surface area contributed by atoms with Crippen molar-refractivity contribution in [3.8, 4) is 0 Å². The van der Waals surface area contributed by atoms with Gasteiger partial charge in [-0.3, -0.25) is 37.3 Å². The van der Waals surface area contributed by atoms with Gasteiger partial charge >= 0.3 is 39.5 Å². The topological polar surface area (TPSA) is 237 Å². The predicted octanol–water partition coefficient (Wildman–Crippen LogP) is 27.4. The molecule has 0 aromatic rings. The maximum atomic E-state index is 13.2. The first kappa shape index (κ1) is 106. The predicted molar refractivity (Wildman–Crippen MR) is 446 cm³/mol. The van der Waals surface area contributed by atoms with Crippen LogP contribution in [0.1, 0.15) is 478 Å². The van der Waals surface area contributed by atoms with Gasteiger partial charge < -0.3 is 33.8 Å². The van der Waals surface area contributed by atoms with Gasteiger partial charge in [0, 0.05) is 25.7 Å². The molecule has 0 aromatic heterocycles. The molecule has 17 nitrogen and oxygen atoms in total. The zero-order chi connectivity index (χ0) is 79.2. The highest BCUT2D eigenvalue weighted by atomic mass is 31.2. The maximum Gasteiger partial charge on any atom is 0.472 e. The average Bonchev–Trinajstić information content (AvgIpc) is 1.09. The van der Waals surface area contributed by atoms with Crippen molar-refractivity contribution in [2.45, 2.75) is 496 Å². The Hall–Kier alpha value is -1.94. The first-order valence-corrected chi connectivity index (χ1v) is 49.0. The fourth-order valence-corrected chi connectivity index (χ4v) is 15.5. The summed E-state index contributed by atoms with van der Waals surface area (Å²) in [5, 5.41) is 10.7. The van der Waals surface area contributed by atoms with Crippen molar-refractivity contribution in [3.05, 3.63) is 0 Å². The van der Waals surface area contributed by atoms with Gasteiger partial charge in [0.1, 0.15) is 19.3 Å². The molecule has 2 unspecified atom stereocenters.